The second-order valence-electron chi connectivity index (χ2n) is 2.34. The summed E-state index contributed by atoms with van der Waals surface area (Å²) in [5.74, 6) is 0.489. The number of hydrogen-bond acceptors (Lipinski definition) is 1. The molecular weight excluding hydrogens is 124 g/mol. The number of carbonyl (C=O) groups excluding carboxylic acids is 1. The van der Waals surface area contributed by atoms with Crippen LogP contribution in [-0.4, -0.2) is 6.29 Å². The van der Waals surface area contributed by atoms with E-state index in [0.717, 1.165) is 12.7 Å². The highest BCUT2D eigenvalue weighted by molar-refractivity contribution is 5.49. The minimum Gasteiger partial charge on any atom is -0.303 e. The molecule has 1 atom stereocenters. The highest BCUT2D eigenvalue weighted by Crippen LogP contribution is 2.04. The fourth-order valence-corrected chi connectivity index (χ4v) is 0.695. The van der Waals surface area contributed by atoms with Gasteiger partial charge in [0, 0.05) is 6.42 Å². The van der Waals surface area contributed by atoms with Gasteiger partial charge in [-0.2, -0.15) is 0 Å². The normalized spacial score (nSPS) is 13.3. The Bertz CT molecular complexity index is 125. The Labute approximate surface area is 62.4 Å². The van der Waals surface area contributed by atoms with Crippen LogP contribution in [0.5, 0.6) is 0 Å². The molecular formula is C9H14O. The van der Waals surface area contributed by atoms with Crippen molar-refractivity contribution in [2.24, 2.45) is 5.92 Å². The summed E-state index contributed by atoms with van der Waals surface area (Å²) >= 11 is 0. The third kappa shape index (κ3) is 5.29. The average Bonchev–Trinajstić information content (AvgIpc) is 1.97. The largest absolute Gasteiger partial charge is 0.303 e. The number of carbonyl (C=O) groups is 1. The molecule has 0 amide bonds. The van der Waals surface area contributed by atoms with Crippen LogP contribution in [0.15, 0.2) is 24.8 Å². The van der Waals surface area contributed by atoms with Gasteiger partial charge in [0.15, 0.2) is 0 Å². The summed E-state index contributed by atoms with van der Waals surface area (Å²) in [6.07, 6.45) is 8.26. The van der Waals surface area contributed by atoms with Gasteiger partial charge in [-0.25, -0.2) is 0 Å². The summed E-state index contributed by atoms with van der Waals surface area (Å²) in [4.78, 5) is 9.94. The second kappa shape index (κ2) is 6.27. The predicted molar refractivity (Wildman–Crippen MR) is 43.8 cm³/mol. The van der Waals surface area contributed by atoms with E-state index in [4.69, 9.17) is 0 Å². The maximum Gasteiger partial charge on any atom is 0.120 e. The van der Waals surface area contributed by atoms with Crippen molar-refractivity contribution in [2.45, 2.75) is 19.8 Å². The van der Waals surface area contributed by atoms with Crippen molar-refractivity contribution in [3.8, 4) is 0 Å². The van der Waals surface area contributed by atoms with E-state index in [9.17, 15) is 4.79 Å². The fourth-order valence-electron chi connectivity index (χ4n) is 0.695. The van der Waals surface area contributed by atoms with Crippen LogP contribution in [0.3, 0.4) is 0 Å². The Kier molecular flexibility index (Phi) is 5.74. The Morgan fingerprint density at radius 3 is 2.80 bits per heavy atom. The van der Waals surface area contributed by atoms with Gasteiger partial charge in [0.2, 0.25) is 0 Å². The Morgan fingerprint density at radius 1 is 1.60 bits per heavy atom. The maximum atomic E-state index is 9.94. The molecule has 0 aromatic carbocycles. The van der Waals surface area contributed by atoms with Gasteiger partial charge < -0.3 is 4.79 Å². The molecule has 1 heteroatoms. The standard InChI is InChI=1S/C9H14O/c1-3-4-6-9(2)7-5-8-10/h3-4,6,8-9H,1,5,7H2,2H3/b6-4+. The lowest BCUT2D eigenvalue weighted by molar-refractivity contribution is -0.108. The summed E-state index contributed by atoms with van der Waals surface area (Å²) in [6, 6.07) is 0. The molecule has 1 unspecified atom stereocenters. The van der Waals surface area contributed by atoms with E-state index in [0.29, 0.717) is 12.3 Å². The molecule has 0 aliphatic carbocycles. The van der Waals surface area contributed by atoms with Gasteiger partial charge in [-0.1, -0.05) is 31.7 Å². The van der Waals surface area contributed by atoms with Gasteiger partial charge in [-0.15, -0.1) is 0 Å². The first-order valence-corrected chi connectivity index (χ1v) is 3.54. The third-order valence-corrected chi connectivity index (χ3v) is 1.32. The van der Waals surface area contributed by atoms with Crippen molar-refractivity contribution in [3.63, 3.8) is 0 Å². The van der Waals surface area contributed by atoms with Crippen molar-refractivity contribution in [1.29, 1.82) is 0 Å². The van der Waals surface area contributed by atoms with Crippen LogP contribution in [0.1, 0.15) is 19.8 Å². The average molecular weight is 138 g/mol. The van der Waals surface area contributed by atoms with Crippen LogP contribution >= 0.6 is 0 Å². The van der Waals surface area contributed by atoms with Crippen LogP contribution in [0.4, 0.5) is 0 Å². The van der Waals surface area contributed by atoms with Crippen LogP contribution in [-0.2, 0) is 4.79 Å². The summed E-state index contributed by atoms with van der Waals surface area (Å²) in [6.45, 7) is 5.64. The highest BCUT2D eigenvalue weighted by Gasteiger charge is 1.93. The summed E-state index contributed by atoms with van der Waals surface area (Å²) in [5.41, 5.74) is 0. The molecule has 0 rings (SSSR count). The molecule has 0 spiro atoms. The second-order valence-corrected chi connectivity index (χ2v) is 2.34. The molecule has 0 radical (unpaired) electrons. The SMILES string of the molecule is C=C/C=C/C(C)CCC=O. The lowest BCUT2D eigenvalue weighted by atomic mass is 10.1. The molecule has 0 aromatic heterocycles. The van der Waals surface area contributed by atoms with E-state index < -0.39 is 0 Å². The van der Waals surface area contributed by atoms with Crippen molar-refractivity contribution in [1.82, 2.24) is 0 Å². The molecule has 0 saturated carbocycles. The molecule has 0 fully saturated rings. The topological polar surface area (TPSA) is 17.1 Å². The highest BCUT2D eigenvalue weighted by atomic mass is 16.1. The molecule has 1 nitrogen and oxygen atoms in total. The van der Waals surface area contributed by atoms with Gasteiger partial charge in [-0.3, -0.25) is 0 Å². The van der Waals surface area contributed by atoms with Crippen molar-refractivity contribution in [3.05, 3.63) is 24.8 Å². The molecule has 0 bridgehead atoms. The van der Waals surface area contributed by atoms with Gasteiger partial charge in [0.05, 0.1) is 0 Å². The van der Waals surface area contributed by atoms with Gasteiger partial charge in [-0.05, 0) is 12.3 Å². The monoisotopic (exact) mass is 138 g/mol. The van der Waals surface area contributed by atoms with Crippen LogP contribution in [0.25, 0.3) is 0 Å². The third-order valence-electron chi connectivity index (χ3n) is 1.32. The Hall–Kier alpha value is -0.850. The molecule has 0 N–H and O–H groups in total. The Morgan fingerprint density at radius 2 is 2.30 bits per heavy atom. The van der Waals surface area contributed by atoms with E-state index in [2.05, 4.69) is 19.6 Å². The lowest BCUT2D eigenvalue weighted by Gasteiger charge is -1.99. The zero-order chi connectivity index (χ0) is 7.82. The first-order valence-electron chi connectivity index (χ1n) is 3.54. The fraction of sp³-hybridized carbons (Fsp3) is 0.444. The summed E-state index contributed by atoms with van der Waals surface area (Å²) in [5, 5.41) is 0. The minimum absolute atomic E-state index is 0.489. The molecule has 0 aliphatic rings. The maximum absolute atomic E-state index is 9.94. The molecule has 0 aliphatic heterocycles. The van der Waals surface area contributed by atoms with E-state index in [1.165, 1.54) is 0 Å². The van der Waals surface area contributed by atoms with Crippen molar-refractivity contribution >= 4 is 6.29 Å². The lowest BCUT2D eigenvalue weighted by Crippen LogP contribution is -1.88. The van der Waals surface area contributed by atoms with E-state index in [-0.39, 0.29) is 0 Å². The Balaban J connectivity index is 3.41. The van der Waals surface area contributed by atoms with E-state index >= 15 is 0 Å². The zero-order valence-electron chi connectivity index (χ0n) is 6.42. The quantitative estimate of drug-likeness (QED) is 0.421. The number of hydrogen-bond donors (Lipinski definition) is 0. The zero-order valence-corrected chi connectivity index (χ0v) is 6.42. The summed E-state index contributed by atoms with van der Waals surface area (Å²) < 4.78 is 0. The molecule has 0 aromatic rings. The first-order chi connectivity index (χ1) is 4.81. The number of rotatable bonds is 5. The van der Waals surface area contributed by atoms with Crippen LogP contribution < -0.4 is 0 Å². The molecule has 0 saturated heterocycles. The van der Waals surface area contributed by atoms with Gasteiger partial charge in [0.25, 0.3) is 0 Å². The number of aldehydes is 1. The molecule has 10 heavy (non-hydrogen) atoms. The minimum atomic E-state index is 0.489. The molecule has 0 heterocycles. The van der Waals surface area contributed by atoms with E-state index in [1.54, 1.807) is 6.08 Å². The smallest absolute Gasteiger partial charge is 0.120 e. The van der Waals surface area contributed by atoms with Crippen LogP contribution in [0.2, 0.25) is 0 Å². The van der Waals surface area contributed by atoms with Crippen molar-refractivity contribution in [2.75, 3.05) is 0 Å². The van der Waals surface area contributed by atoms with Crippen LogP contribution in [0, 0.1) is 5.92 Å². The van der Waals surface area contributed by atoms with Gasteiger partial charge in [0.1, 0.15) is 6.29 Å². The molecule has 56 valence electrons. The predicted octanol–water partition coefficient (Wildman–Crippen LogP) is 2.34. The van der Waals surface area contributed by atoms with Crippen molar-refractivity contribution < 1.29 is 4.79 Å². The van der Waals surface area contributed by atoms with Gasteiger partial charge >= 0.3 is 0 Å². The van der Waals surface area contributed by atoms with E-state index in [1.807, 2.05) is 6.08 Å². The summed E-state index contributed by atoms with van der Waals surface area (Å²) in [7, 11) is 0. The number of allylic oxidation sites excluding steroid dienone is 3. The first kappa shape index (κ1) is 9.15.